The lowest BCUT2D eigenvalue weighted by atomic mass is 10.0. The van der Waals surface area contributed by atoms with Gasteiger partial charge in [-0.25, -0.2) is 0 Å². The predicted octanol–water partition coefficient (Wildman–Crippen LogP) is 8.88. The molecular formula is C30H20BrN. The van der Waals surface area contributed by atoms with Crippen molar-refractivity contribution in [2.24, 2.45) is 0 Å². The Morgan fingerprint density at radius 1 is 0.469 bits per heavy atom. The zero-order chi connectivity index (χ0) is 21.5. The number of rotatable bonds is 3. The second-order valence-electron chi connectivity index (χ2n) is 7.98. The van der Waals surface area contributed by atoms with Gasteiger partial charge in [-0.05, 0) is 52.6 Å². The molecule has 0 bridgehead atoms. The average molecular weight is 474 g/mol. The van der Waals surface area contributed by atoms with Gasteiger partial charge in [0.15, 0.2) is 0 Å². The summed E-state index contributed by atoms with van der Waals surface area (Å²) in [6.45, 7) is 0. The summed E-state index contributed by atoms with van der Waals surface area (Å²) < 4.78 is 3.49. The summed E-state index contributed by atoms with van der Waals surface area (Å²) >= 11 is 3.72. The Morgan fingerprint density at radius 3 is 2.06 bits per heavy atom. The highest BCUT2D eigenvalue weighted by Crippen LogP contribution is 2.37. The molecule has 6 rings (SSSR count). The fourth-order valence-corrected chi connectivity index (χ4v) is 5.08. The Kier molecular flexibility index (Phi) is 4.66. The largest absolute Gasteiger partial charge is 0.309 e. The minimum atomic E-state index is 1.10. The van der Waals surface area contributed by atoms with E-state index in [-0.39, 0.29) is 0 Å². The maximum Gasteiger partial charge on any atom is 0.0547 e. The molecule has 5 aromatic carbocycles. The van der Waals surface area contributed by atoms with Gasteiger partial charge in [0.05, 0.1) is 11.0 Å². The van der Waals surface area contributed by atoms with Gasteiger partial charge in [0.1, 0.15) is 0 Å². The fourth-order valence-electron chi connectivity index (χ4n) is 4.57. The van der Waals surface area contributed by atoms with Crippen molar-refractivity contribution in [1.29, 1.82) is 0 Å². The first-order chi connectivity index (χ1) is 15.8. The second-order valence-corrected chi connectivity index (χ2v) is 8.84. The highest BCUT2D eigenvalue weighted by Gasteiger charge is 2.14. The summed E-state index contributed by atoms with van der Waals surface area (Å²) in [5.74, 6) is 0. The standard InChI is InChI=1S/C30H20BrN/c31-28-15-6-4-13-25(28)23-17-18-27-26-14-5-7-16-29(26)32(30(27)20-23)24-12-8-11-22(19-24)21-9-2-1-3-10-21/h1-20H. The number of fused-ring (bicyclic) bond motifs is 3. The summed E-state index contributed by atoms with van der Waals surface area (Å²) in [7, 11) is 0. The topological polar surface area (TPSA) is 4.93 Å². The zero-order valence-corrected chi connectivity index (χ0v) is 19.0. The molecule has 0 aliphatic rings. The van der Waals surface area contributed by atoms with Crippen LogP contribution in [0.4, 0.5) is 0 Å². The molecule has 0 aliphatic carbocycles. The molecule has 1 nitrogen and oxygen atoms in total. The molecule has 0 aliphatic heterocycles. The van der Waals surface area contributed by atoms with Gasteiger partial charge in [-0.15, -0.1) is 0 Å². The van der Waals surface area contributed by atoms with Crippen LogP contribution in [0.1, 0.15) is 0 Å². The molecule has 0 unspecified atom stereocenters. The zero-order valence-electron chi connectivity index (χ0n) is 17.4. The van der Waals surface area contributed by atoms with Crippen LogP contribution < -0.4 is 0 Å². The van der Waals surface area contributed by atoms with Crippen molar-refractivity contribution in [2.45, 2.75) is 0 Å². The number of hydrogen-bond acceptors (Lipinski definition) is 0. The van der Waals surface area contributed by atoms with Crippen LogP contribution in [0.5, 0.6) is 0 Å². The van der Waals surface area contributed by atoms with E-state index in [0.717, 1.165) is 4.47 Å². The third-order valence-electron chi connectivity index (χ3n) is 6.07. The molecule has 0 saturated heterocycles. The molecule has 0 saturated carbocycles. The van der Waals surface area contributed by atoms with Crippen molar-refractivity contribution in [3.05, 3.63) is 126 Å². The summed E-state index contributed by atoms with van der Waals surface area (Å²) in [4.78, 5) is 0. The van der Waals surface area contributed by atoms with Crippen LogP contribution in [0.25, 0.3) is 49.7 Å². The predicted molar refractivity (Wildman–Crippen MR) is 139 cm³/mol. The lowest BCUT2D eigenvalue weighted by Crippen LogP contribution is -1.94. The van der Waals surface area contributed by atoms with E-state index in [4.69, 9.17) is 0 Å². The average Bonchev–Trinajstić information content (AvgIpc) is 3.19. The van der Waals surface area contributed by atoms with Crippen LogP contribution in [-0.4, -0.2) is 4.57 Å². The molecule has 0 spiro atoms. The van der Waals surface area contributed by atoms with Crippen molar-refractivity contribution in [1.82, 2.24) is 4.57 Å². The first kappa shape index (κ1) is 19.1. The molecule has 0 atom stereocenters. The van der Waals surface area contributed by atoms with Gasteiger partial charge in [0.2, 0.25) is 0 Å². The van der Waals surface area contributed by atoms with E-state index in [9.17, 15) is 0 Å². The van der Waals surface area contributed by atoms with Gasteiger partial charge in [-0.1, -0.05) is 107 Å². The van der Waals surface area contributed by atoms with Crippen LogP contribution in [0.3, 0.4) is 0 Å². The molecule has 1 heterocycles. The van der Waals surface area contributed by atoms with Crippen molar-refractivity contribution >= 4 is 37.7 Å². The quantitative estimate of drug-likeness (QED) is 0.241. The van der Waals surface area contributed by atoms with E-state index in [1.54, 1.807) is 0 Å². The van der Waals surface area contributed by atoms with E-state index in [0.29, 0.717) is 0 Å². The van der Waals surface area contributed by atoms with Crippen molar-refractivity contribution in [3.63, 3.8) is 0 Å². The Labute approximate surface area is 195 Å². The monoisotopic (exact) mass is 473 g/mol. The first-order valence-electron chi connectivity index (χ1n) is 10.7. The first-order valence-corrected chi connectivity index (χ1v) is 11.5. The number of nitrogens with zero attached hydrogens (tertiary/aromatic N) is 1. The van der Waals surface area contributed by atoms with Crippen LogP contribution in [0.15, 0.2) is 126 Å². The molecule has 152 valence electrons. The second kappa shape index (κ2) is 7.81. The van der Waals surface area contributed by atoms with Crippen LogP contribution in [-0.2, 0) is 0 Å². The van der Waals surface area contributed by atoms with Gasteiger partial charge in [0.25, 0.3) is 0 Å². The summed E-state index contributed by atoms with van der Waals surface area (Å²) in [6.07, 6.45) is 0. The summed E-state index contributed by atoms with van der Waals surface area (Å²) in [5, 5.41) is 2.54. The molecule has 0 radical (unpaired) electrons. The summed E-state index contributed by atoms with van der Waals surface area (Å²) in [6, 6.07) is 43.2. The molecular weight excluding hydrogens is 454 g/mol. The number of hydrogen-bond donors (Lipinski definition) is 0. The Bertz CT molecular complexity index is 1580. The van der Waals surface area contributed by atoms with Crippen LogP contribution >= 0.6 is 15.9 Å². The Balaban J connectivity index is 1.64. The van der Waals surface area contributed by atoms with Gasteiger partial charge in [0, 0.05) is 20.9 Å². The third-order valence-corrected chi connectivity index (χ3v) is 6.76. The van der Waals surface area contributed by atoms with Gasteiger partial charge < -0.3 is 4.57 Å². The molecule has 32 heavy (non-hydrogen) atoms. The van der Waals surface area contributed by atoms with E-state index in [1.807, 2.05) is 0 Å². The number of aromatic nitrogens is 1. The van der Waals surface area contributed by atoms with Crippen molar-refractivity contribution in [2.75, 3.05) is 0 Å². The van der Waals surface area contributed by atoms with E-state index in [2.05, 4.69) is 142 Å². The van der Waals surface area contributed by atoms with Gasteiger partial charge >= 0.3 is 0 Å². The molecule has 0 fully saturated rings. The van der Waals surface area contributed by atoms with Gasteiger partial charge in [-0.3, -0.25) is 0 Å². The fraction of sp³-hybridized carbons (Fsp3) is 0. The maximum atomic E-state index is 3.72. The van der Waals surface area contributed by atoms with E-state index < -0.39 is 0 Å². The molecule has 0 amide bonds. The Morgan fingerprint density at radius 2 is 1.19 bits per heavy atom. The van der Waals surface area contributed by atoms with Crippen LogP contribution in [0.2, 0.25) is 0 Å². The summed E-state index contributed by atoms with van der Waals surface area (Å²) in [5.41, 5.74) is 8.45. The minimum absolute atomic E-state index is 1.10. The maximum absolute atomic E-state index is 3.72. The lowest BCUT2D eigenvalue weighted by molar-refractivity contribution is 1.18. The third kappa shape index (κ3) is 3.16. The smallest absolute Gasteiger partial charge is 0.0547 e. The highest BCUT2D eigenvalue weighted by molar-refractivity contribution is 9.10. The lowest BCUT2D eigenvalue weighted by Gasteiger charge is -2.11. The van der Waals surface area contributed by atoms with E-state index >= 15 is 0 Å². The number of benzene rings is 5. The normalized spacial score (nSPS) is 11.3. The van der Waals surface area contributed by atoms with Crippen molar-refractivity contribution in [3.8, 4) is 27.9 Å². The van der Waals surface area contributed by atoms with Crippen molar-refractivity contribution < 1.29 is 0 Å². The van der Waals surface area contributed by atoms with Gasteiger partial charge in [-0.2, -0.15) is 0 Å². The Hall–Kier alpha value is -3.62. The molecule has 2 heteroatoms. The molecule has 0 N–H and O–H groups in total. The SMILES string of the molecule is Brc1ccccc1-c1ccc2c3ccccc3n(-c3cccc(-c4ccccc4)c3)c2c1. The van der Waals surface area contributed by atoms with E-state index in [1.165, 1.54) is 49.7 Å². The number of halogens is 1. The highest BCUT2D eigenvalue weighted by atomic mass is 79.9. The molecule has 1 aromatic heterocycles. The van der Waals surface area contributed by atoms with Crippen LogP contribution in [0, 0.1) is 0 Å². The number of para-hydroxylation sites is 1. The minimum Gasteiger partial charge on any atom is -0.309 e. The molecule has 6 aromatic rings.